The van der Waals surface area contributed by atoms with Crippen molar-refractivity contribution in [1.82, 2.24) is 28.7 Å². The van der Waals surface area contributed by atoms with E-state index in [0.29, 0.717) is 35.3 Å². The summed E-state index contributed by atoms with van der Waals surface area (Å²) in [4.78, 5) is 46.8. The summed E-state index contributed by atoms with van der Waals surface area (Å²) in [6.07, 6.45) is 7.01. The Balaban J connectivity index is 1.11. The number of ether oxygens (including phenoxy) is 2. The Morgan fingerprint density at radius 2 is 1.35 bits per heavy atom. The van der Waals surface area contributed by atoms with Gasteiger partial charge in [0, 0.05) is 46.0 Å². The second kappa shape index (κ2) is 11.1. The van der Waals surface area contributed by atoms with Crippen LogP contribution >= 0.6 is 0 Å². The van der Waals surface area contributed by atoms with Crippen molar-refractivity contribution in [2.75, 3.05) is 0 Å². The second-order valence-corrected chi connectivity index (χ2v) is 17.3. The molecule has 0 bridgehead atoms. The van der Waals surface area contributed by atoms with Crippen molar-refractivity contribution in [3.05, 3.63) is 128 Å². The van der Waals surface area contributed by atoms with Gasteiger partial charge in [0.1, 0.15) is 11.2 Å². The van der Waals surface area contributed by atoms with Gasteiger partial charge in [0.15, 0.2) is 11.3 Å². The van der Waals surface area contributed by atoms with Gasteiger partial charge in [-0.05, 0) is 97.2 Å². The Morgan fingerprint density at radius 1 is 0.685 bits per heavy atom. The fourth-order valence-electron chi connectivity index (χ4n) is 9.31. The highest BCUT2D eigenvalue weighted by molar-refractivity contribution is 6.00. The van der Waals surface area contributed by atoms with Gasteiger partial charge in [-0.15, -0.1) is 0 Å². The summed E-state index contributed by atoms with van der Waals surface area (Å²) in [7, 11) is 0. The molecule has 10 nitrogen and oxygen atoms in total. The molecule has 9 rings (SSSR count). The highest BCUT2D eigenvalue weighted by atomic mass is 16.5. The van der Waals surface area contributed by atoms with E-state index in [1.54, 1.807) is 6.20 Å². The van der Waals surface area contributed by atoms with Crippen molar-refractivity contribution in [2.45, 2.75) is 103 Å². The second-order valence-electron chi connectivity index (χ2n) is 17.3. The average molecular weight is 721 g/mol. The van der Waals surface area contributed by atoms with E-state index in [2.05, 4.69) is 41.6 Å². The number of hydrogen-bond acceptors (Lipinski definition) is 8. The van der Waals surface area contributed by atoms with Gasteiger partial charge in [-0.1, -0.05) is 44.2 Å². The van der Waals surface area contributed by atoms with E-state index >= 15 is 0 Å². The van der Waals surface area contributed by atoms with Crippen LogP contribution < -0.4 is 11.1 Å². The molecule has 0 amide bonds. The van der Waals surface area contributed by atoms with Crippen LogP contribution in [0.1, 0.15) is 103 Å². The standard InChI is InChI=1S/C44H44N6O4/c1-40(2,30-18-17-26-29(46-30)19-23-49-34-31(38(51)47-36(26)49)41(3,4)53-42(34,5)6)20-21-44(9)32-35(43(7,8)54-44)50-24-28(25-14-11-10-12-15-25)33-27(16-13-22-45-33)37(50)48-39(32)52/h10-19,22-24H,20-21H2,1-9H3. The summed E-state index contributed by atoms with van der Waals surface area (Å²) in [6, 6.07) is 20.0. The summed E-state index contributed by atoms with van der Waals surface area (Å²) < 4.78 is 17.3. The molecule has 0 aliphatic carbocycles. The number of aromatic nitrogens is 6. The quantitative estimate of drug-likeness (QED) is 0.164. The van der Waals surface area contributed by atoms with E-state index in [9.17, 15) is 9.59 Å². The first-order chi connectivity index (χ1) is 25.4. The van der Waals surface area contributed by atoms with E-state index < -0.39 is 27.8 Å². The van der Waals surface area contributed by atoms with Crippen LogP contribution in [0, 0.1) is 0 Å². The summed E-state index contributed by atoms with van der Waals surface area (Å²) in [5, 5.41) is 1.60. The van der Waals surface area contributed by atoms with E-state index in [0.717, 1.165) is 50.0 Å². The Morgan fingerprint density at radius 3 is 2.09 bits per heavy atom. The predicted octanol–water partition coefficient (Wildman–Crippen LogP) is 8.20. The van der Waals surface area contributed by atoms with Crippen LogP contribution in [0.15, 0.2) is 88.8 Å². The Kier molecular flexibility index (Phi) is 7.09. The zero-order chi connectivity index (χ0) is 38.2. The molecule has 1 atom stereocenters. The number of pyridine rings is 4. The van der Waals surface area contributed by atoms with Crippen LogP contribution in [-0.2, 0) is 37.3 Å². The van der Waals surface area contributed by atoms with Crippen LogP contribution in [0.5, 0.6) is 0 Å². The number of rotatable bonds is 5. The van der Waals surface area contributed by atoms with Crippen molar-refractivity contribution < 1.29 is 9.47 Å². The average Bonchev–Trinajstić information content (AvgIpc) is 3.48. The lowest BCUT2D eigenvalue weighted by Gasteiger charge is -2.32. The topological polar surface area (TPSA) is 113 Å². The van der Waals surface area contributed by atoms with E-state index in [4.69, 9.17) is 24.4 Å². The summed E-state index contributed by atoms with van der Waals surface area (Å²) >= 11 is 0. The van der Waals surface area contributed by atoms with E-state index in [-0.39, 0.29) is 11.1 Å². The molecule has 10 heteroatoms. The molecule has 54 heavy (non-hydrogen) atoms. The lowest BCUT2D eigenvalue weighted by molar-refractivity contribution is -0.123. The molecule has 6 aromatic heterocycles. The van der Waals surface area contributed by atoms with Gasteiger partial charge in [0.05, 0.1) is 44.8 Å². The minimum Gasteiger partial charge on any atom is -0.358 e. The van der Waals surface area contributed by atoms with Crippen molar-refractivity contribution in [1.29, 1.82) is 0 Å². The zero-order valence-corrected chi connectivity index (χ0v) is 32.2. The van der Waals surface area contributed by atoms with Crippen LogP contribution in [0.2, 0.25) is 0 Å². The monoisotopic (exact) mass is 720 g/mol. The lowest BCUT2D eigenvalue weighted by Crippen LogP contribution is -2.32. The van der Waals surface area contributed by atoms with Gasteiger partial charge in [0.2, 0.25) is 0 Å². The molecule has 0 saturated carbocycles. The molecule has 0 N–H and O–H groups in total. The summed E-state index contributed by atoms with van der Waals surface area (Å²) in [5.41, 5.74) is 4.31. The molecule has 2 aliphatic heterocycles. The molecule has 0 spiro atoms. The minimum atomic E-state index is -0.903. The molecule has 0 radical (unpaired) electrons. The van der Waals surface area contributed by atoms with E-state index in [1.165, 1.54) is 0 Å². The number of hydrogen-bond donors (Lipinski definition) is 0. The normalized spacial score (nSPS) is 19.9. The molecular weight excluding hydrogens is 677 g/mol. The van der Waals surface area contributed by atoms with Crippen LogP contribution in [0.3, 0.4) is 0 Å². The third-order valence-electron chi connectivity index (χ3n) is 11.6. The Bertz CT molecular complexity index is 2850. The van der Waals surface area contributed by atoms with Gasteiger partial charge >= 0.3 is 0 Å². The van der Waals surface area contributed by atoms with Gasteiger partial charge in [-0.2, -0.15) is 9.97 Å². The zero-order valence-electron chi connectivity index (χ0n) is 32.2. The van der Waals surface area contributed by atoms with Gasteiger partial charge in [-0.25, -0.2) is 0 Å². The first-order valence-electron chi connectivity index (χ1n) is 18.6. The highest BCUT2D eigenvalue weighted by Crippen LogP contribution is 2.50. The van der Waals surface area contributed by atoms with Gasteiger partial charge < -0.3 is 18.3 Å². The molecule has 8 heterocycles. The number of benzene rings is 1. The van der Waals surface area contributed by atoms with Crippen molar-refractivity contribution in [3.63, 3.8) is 0 Å². The highest BCUT2D eigenvalue weighted by Gasteiger charge is 2.51. The van der Waals surface area contributed by atoms with Gasteiger partial charge in [-0.3, -0.25) is 19.6 Å². The predicted molar refractivity (Wildman–Crippen MR) is 210 cm³/mol. The van der Waals surface area contributed by atoms with Gasteiger partial charge in [0.25, 0.3) is 11.1 Å². The molecular formula is C44H44N6O4. The minimum absolute atomic E-state index is 0.273. The fraction of sp³-hybridized carbons (Fsp3) is 0.364. The van der Waals surface area contributed by atoms with Crippen LogP contribution in [0.25, 0.3) is 44.2 Å². The van der Waals surface area contributed by atoms with Crippen molar-refractivity contribution in [2.24, 2.45) is 0 Å². The van der Waals surface area contributed by atoms with Crippen LogP contribution in [0.4, 0.5) is 0 Å². The molecule has 1 aromatic carbocycles. The molecule has 0 saturated heterocycles. The maximum atomic E-state index is 14.2. The third kappa shape index (κ3) is 4.92. The fourth-order valence-corrected chi connectivity index (χ4v) is 9.31. The molecule has 7 aromatic rings. The number of nitrogens with zero attached hydrogens (tertiary/aromatic N) is 6. The third-order valence-corrected chi connectivity index (χ3v) is 11.6. The first kappa shape index (κ1) is 34.4. The Hall–Kier alpha value is -5.32. The molecule has 274 valence electrons. The maximum absolute atomic E-state index is 14.2. The first-order valence-corrected chi connectivity index (χ1v) is 18.6. The molecule has 2 aliphatic rings. The van der Waals surface area contributed by atoms with Crippen LogP contribution in [-0.4, -0.2) is 28.7 Å². The Labute approximate surface area is 312 Å². The SMILES string of the molecule is CC(C)(CCC1(C)OC(C)(C)c2c1c(=O)nc1c3cccnc3c(-c3ccccc3)cn21)c1ccc2c(ccn3c4c(c(=O)nc23)C(C)(C)OC4(C)C)n1. The largest absolute Gasteiger partial charge is 0.358 e. The van der Waals surface area contributed by atoms with E-state index in [1.807, 2.05) is 108 Å². The number of fused-ring (bicyclic) bond motifs is 10. The smallest absolute Gasteiger partial charge is 0.279 e. The summed E-state index contributed by atoms with van der Waals surface area (Å²) in [5.74, 6) is 0. The summed E-state index contributed by atoms with van der Waals surface area (Å²) in [6.45, 7) is 18.2. The molecule has 0 fully saturated rings. The maximum Gasteiger partial charge on any atom is 0.279 e. The lowest BCUT2D eigenvalue weighted by atomic mass is 9.79. The van der Waals surface area contributed by atoms with Crippen molar-refractivity contribution in [3.8, 4) is 11.1 Å². The molecule has 1 unspecified atom stereocenters. The van der Waals surface area contributed by atoms with Crippen molar-refractivity contribution >= 4 is 33.1 Å².